The molecule has 16 heavy (non-hydrogen) atoms. The first-order valence-corrected chi connectivity index (χ1v) is 5.07. The molecule has 2 nitrogen and oxygen atoms in total. The lowest BCUT2D eigenvalue weighted by Crippen LogP contribution is -2.01. The number of aliphatic hydroxyl groups excluding tert-OH is 1. The van der Waals surface area contributed by atoms with Crippen molar-refractivity contribution in [2.75, 3.05) is 0 Å². The monoisotopic (exact) mass is 220 g/mol. The third-order valence-corrected chi connectivity index (χ3v) is 2.60. The second-order valence-electron chi connectivity index (χ2n) is 3.89. The molecule has 0 amide bonds. The topological polar surface area (TPSA) is 33.4 Å². The van der Waals surface area contributed by atoms with E-state index in [-0.39, 0.29) is 5.82 Å². The fraction of sp³-hybridized carbons (Fsp3) is 0.231. The zero-order chi connectivity index (χ0) is 11.7. The summed E-state index contributed by atoms with van der Waals surface area (Å²) in [6, 6.07) is 6.13. The normalized spacial score (nSPS) is 12.8. The Hall–Kier alpha value is -1.61. The summed E-state index contributed by atoms with van der Waals surface area (Å²) in [6.07, 6.45) is 0.651. The zero-order valence-corrected chi connectivity index (χ0v) is 9.20. The van der Waals surface area contributed by atoms with Gasteiger partial charge in [-0.15, -0.1) is 0 Å². The van der Waals surface area contributed by atoms with Gasteiger partial charge in [0.25, 0.3) is 0 Å². The van der Waals surface area contributed by atoms with E-state index in [1.54, 1.807) is 19.1 Å². The number of hydrogen-bond acceptors (Lipinski definition) is 2. The van der Waals surface area contributed by atoms with Crippen LogP contribution in [0.25, 0.3) is 0 Å². The minimum absolute atomic E-state index is 0.347. The van der Waals surface area contributed by atoms with Crippen molar-refractivity contribution in [3.05, 3.63) is 58.8 Å². The highest BCUT2D eigenvalue weighted by Gasteiger charge is 2.15. The van der Waals surface area contributed by atoms with Gasteiger partial charge in [-0.05, 0) is 43.2 Å². The molecule has 0 saturated heterocycles. The first-order valence-electron chi connectivity index (χ1n) is 5.07. The van der Waals surface area contributed by atoms with Crippen LogP contribution in [0, 0.1) is 19.7 Å². The van der Waals surface area contributed by atoms with Crippen LogP contribution in [0.15, 0.2) is 34.9 Å². The van der Waals surface area contributed by atoms with E-state index >= 15 is 0 Å². The van der Waals surface area contributed by atoms with Crippen molar-refractivity contribution in [3.8, 4) is 0 Å². The van der Waals surface area contributed by atoms with Gasteiger partial charge in [-0.3, -0.25) is 0 Å². The average Bonchev–Trinajstić information content (AvgIpc) is 2.67. The standard InChI is InChI=1S/C13H13FO2/c1-8-3-4-11(14)6-12(8)13(15)10-5-9(2)16-7-10/h3-7,13,15H,1-2H3. The van der Waals surface area contributed by atoms with Crippen molar-refractivity contribution in [2.45, 2.75) is 20.0 Å². The molecule has 0 aliphatic rings. The highest BCUT2D eigenvalue weighted by molar-refractivity contribution is 5.34. The number of halogens is 1. The van der Waals surface area contributed by atoms with E-state index in [0.29, 0.717) is 11.1 Å². The molecule has 0 bridgehead atoms. The zero-order valence-electron chi connectivity index (χ0n) is 9.20. The van der Waals surface area contributed by atoms with E-state index in [4.69, 9.17) is 4.42 Å². The largest absolute Gasteiger partial charge is 0.469 e. The Kier molecular flexibility index (Phi) is 2.79. The van der Waals surface area contributed by atoms with Crippen molar-refractivity contribution in [1.82, 2.24) is 0 Å². The highest BCUT2D eigenvalue weighted by atomic mass is 19.1. The molecule has 1 atom stereocenters. The molecule has 84 valence electrons. The van der Waals surface area contributed by atoms with Crippen LogP contribution in [0.2, 0.25) is 0 Å². The number of aryl methyl sites for hydroxylation is 2. The molecule has 0 aliphatic carbocycles. The van der Waals surface area contributed by atoms with Crippen LogP contribution < -0.4 is 0 Å². The van der Waals surface area contributed by atoms with Gasteiger partial charge in [-0.25, -0.2) is 4.39 Å². The van der Waals surface area contributed by atoms with Gasteiger partial charge in [-0.2, -0.15) is 0 Å². The van der Waals surface area contributed by atoms with Gasteiger partial charge in [0.15, 0.2) is 0 Å². The fourth-order valence-electron chi connectivity index (χ4n) is 1.69. The molecular weight excluding hydrogens is 207 g/mol. The lowest BCUT2D eigenvalue weighted by atomic mass is 9.99. The van der Waals surface area contributed by atoms with Crippen LogP contribution in [0.3, 0.4) is 0 Å². The van der Waals surface area contributed by atoms with Crippen LogP contribution in [0.4, 0.5) is 4.39 Å². The van der Waals surface area contributed by atoms with Crippen molar-refractivity contribution < 1.29 is 13.9 Å². The van der Waals surface area contributed by atoms with E-state index in [0.717, 1.165) is 11.3 Å². The molecular formula is C13H13FO2. The molecule has 2 rings (SSSR count). The van der Waals surface area contributed by atoms with E-state index < -0.39 is 6.10 Å². The van der Waals surface area contributed by atoms with Crippen LogP contribution in [0.5, 0.6) is 0 Å². The second-order valence-corrected chi connectivity index (χ2v) is 3.89. The minimum atomic E-state index is -0.840. The van der Waals surface area contributed by atoms with E-state index in [1.165, 1.54) is 18.4 Å². The van der Waals surface area contributed by atoms with Gasteiger partial charge in [-0.1, -0.05) is 6.07 Å². The number of benzene rings is 1. The van der Waals surface area contributed by atoms with Crippen LogP contribution >= 0.6 is 0 Å². The smallest absolute Gasteiger partial charge is 0.123 e. The van der Waals surface area contributed by atoms with Crippen LogP contribution in [0.1, 0.15) is 28.6 Å². The molecule has 0 aliphatic heterocycles. The maximum atomic E-state index is 13.1. The number of furan rings is 1. The number of hydrogen-bond donors (Lipinski definition) is 1. The van der Waals surface area contributed by atoms with E-state index in [2.05, 4.69) is 0 Å². The summed E-state index contributed by atoms with van der Waals surface area (Å²) in [5.74, 6) is 0.378. The third-order valence-electron chi connectivity index (χ3n) is 2.60. The molecule has 2 aromatic rings. The Morgan fingerprint density at radius 1 is 1.25 bits per heavy atom. The Bertz CT molecular complexity index is 502. The SMILES string of the molecule is Cc1cc(C(O)c2cc(F)ccc2C)co1. The lowest BCUT2D eigenvalue weighted by Gasteiger charge is -2.11. The molecule has 1 unspecified atom stereocenters. The summed E-state index contributed by atoms with van der Waals surface area (Å²) in [6.45, 7) is 3.64. The molecule has 0 fully saturated rings. The predicted molar refractivity (Wildman–Crippen MR) is 58.6 cm³/mol. The summed E-state index contributed by atoms with van der Waals surface area (Å²) >= 11 is 0. The van der Waals surface area contributed by atoms with Crippen molar-refractivity contribution >= 4 is 0 Å². The summed E-state index contributed by atoms with van der Waals surface area (Å²) in [4.78, 5) is 0. The van der Waals surface area contributed by atoms with E-state index in [9.17, 15) is 9.50 Å². The van der Waals surface area contributed by atoms with Gasteiger partial charge < -0.3 is 9.52 Å². The van der Waals surface area contributed by atoms with E-state index in [1.807, 2.05) is 6.92 Å². The third kappa shape index (κ3) is 1.99. The molecule has 0 spiro atoms. The first-order chi connectivity index (χ1) is 7.58. The van der Waals surface area contributed by atoms with Crippen LogP contribution in [-0.2, 0) is 0 Å². The molecule has 1 N–H and O–H groups in total. The number of rotatable bonds is 2. The lowest BCUT2D eigenvalue weighted by molar-refractivity contribution is 0.218. The summed E-state index contributed by atoms with van der Waals surface area (Å²) in [7, 11) is 0. The van der Waals surface area contributed by atoms with Crippen molar-refractivity contribution in [3.63, 3.8) is 0 Å². The Balaban J connectivity index is 2.40. The van der Waals surface area contributed by atoms with Crippen molar-refractivity contribution in [2.24, 2.45) is 0 Å². The molecule has 0 saturated carbocycles. The maximum Gasteiger partial charge on any atom is 0.123 e. The maximum absolute atomic E-state index is 13.1. The molecule has 3 heteroatoms. The molecule has 0 radical (unpaired) electrons. The minimum Gasteiger partial charge on any atom is -0.469 e. The molecule has 1 aromatic carbocycles. The Labute approximate surface area is 93.3 Å². The predicted octanol–water partition coefficient (Wildman–Crippen LogP) is 3.12. The van der Waals surface area contributed by atoms with Gasteiger partial charge in [0.1, 0.15) is 17.7 Å². The number of aliphatic hydroxyl groups is 1. The molecule has 1 aromatic heterocycles. The first kappa shape index (κ1) is 10.9. The van der Waals surface area contributed by atoms with Crippen molar-refractivity contribution in [1.29, 1.82) is 0 Å². The molecule has 1 heterocycles. The Morgan fingerprint density at radius 3 is 2.62 bits per heavy atom. The summed E-state index contributed by atoms with van der Waals surface area (Å²) < 4.78 is 18.2. The quantitative estimate of drug-likeness (QED) is 0.843. The Morgan fingerprint density at radius 2 is 2.00 bits per heavy atom. The summed E-state index contributed by atoms with van der Waals surface area (Å²) in [5, 5.41) is 10.1. The van der Waals surface area contributed by atoms with Gasteiger partial charge >= 0.3 is 0 Å². The summed E-state index contributed by atoms with van der Waals surface area (Å²) in [5.41, 5.74) is 2.07. The van der Waals surface area contributed by atoms with Gasteiger partial charge in [0.2, 0.25) is 0 Å². The van der Waals surface area contributed by atoms with Gasteiger partial charge in [0, 0.05) is 5.56 Å². The fourth-order valence-corrected chi connectivity index (χ4v) is 1.69. The second kappa shape index (κ2) is 4.10. The average molecular weight is 220 g/mol. The van der Waals surface area contributed by atoms with Crippen LogP contribution in [-0.4, -0.2) is 5.11 Å². The van der Waals surface area contributed by atoms with Gasteiger partial charge in [0.05, 0.1) is 6.26 Å². The highest BCUT2D eigenvalue weighted by Crippen LogP contribution is 2.26.